The van der Waals surface area contributed by atoms with Crippen LogP contribution in [0.15, 0.2) is 0 Å². The highest BCUT2D eigenvalue weighted by Gasteiger charge is 2.45. The van der Waals surface area contributed by atoms with Crippen molar-refractivity contribution >= 4 is 5.78 Å². The molecule has 0 radical (unpaired) electrons. The minimum Gasteiger partial charge on any atom is -0.394 e. The van der Waals surface area contributed by atoms with E-state index in [1.165, 1.54) is 44.9 Å². The van der Waals surface area contributed by atoms with Crippen molar-refractivity contribution in [2.45, 2.75) is 204 Å². The molecule has 0 aromatic rings. The highest BCUT2D eigenvalue weighted by molar-refractivity contribution is 5.78. The first-order valence-corrected chi connectivity index (χ1v) is 17.7. The Bertz CT molecular complexity index is 696. The SMILES string of the molecule is C[C@H](N)[C@H](O)CCCCCCCC(=O)CCCCCCCCCCCCCC[C@H](O[C@@H]1O[C@H](CO)[C@H](O)[C@H](O)[C@H]1O)[C@H](C)N. The Balaban J connectivity index is 1.94. The molecule has 0 spiro atoms. The topological polar surface area (TPSA) is 189 Å². The van der Waals surface area contributed by atoms with E-state index in [-0.39, 0.29) is 18.2 Å². The number of aliphatic hydroxyl groups excluding tert-OH is 5. The predicted molar refractivity (Wildman–Crippen MR) is 174 cm³/mol. The number of nitrogens with two attached hydrogens (primary N) is 2. The second-order valence-electron chi connectivity index (χ2n) is 13.3. The number of carbonyl (C=O) groups is 1. The molecule has 0 saturated carbocycles. The summed E-state index contributed by atoms with van der Waals surface area (Å²) in [6.45, 7) is 3.19. The summed E-state index contributed by atoms with van der Waals surface area (Å²) in [5, 5.41) is 49.2. The lowest BCUT2D eigenvalue weighted by Gasteiger charge is -2.41. The van der Waals surface area contributed by atoms with Gasteiger partial charge in [-0.3, -0.25) is 4.79 Å². The number of ether oxygens (including phenoxy) is 2. The van der Waals surface area contributed by atoms with Crippen LogP contribution in [0.5, 0.6) is 0 Å². The van der Waals surface area contributed by atoms with Crippen LogP contribution < -0.4 is 11.5 Å². The molecular formula is C34H68N2O8. The van der Waals surface area contributed by atoms with Gasteiger partial charge in [0.15, 0.2) is 6.29 Å². The van der Waals surface area contributed by atoms with Crippen LogP contribution in [0.2, 0.25) is 0 Å². The minimum atomic E-state index is -1.45. The molecule has 44 heavy (non-hydrogen) atoms. The molecule has 0 aromatic heterocycles. The van der Waals surface area contributed by atoms with Crippen molar-refractivity contribution in [1.29, 1.82) is 0 Å². The summed E-state index contributed by atoms with van der Waals surface area (Å²) in [5.41, 5.74) is 11.8. The fourth-order valence-corrected chi connectivity index (χ4v) is 5.84. The van der Waals surface area contributed by atoms with Gasteiger partial charge in [0.05, 0.1) is 18.8 Å². The summed E-state index contributed by atoms with van der Waals surface area (Å²) in [6, 6.07) is -0.447. The molecular weight excluding hydrogens is 564 g/mol. The molecule has 1 aliphatic rings. The van der Waals surface area contributed by atoms with Gasteiger partial charge in [0.25, 0.3) is 0 Å². The molecule has 1 rings (SSSR count). The fraction of sp³-hybridized carbons (Fsp3) is 0.971. The van der Waals surface area contributed by atoms with Gasteiger partial charge in [-0.15, -0.1) is 0 Å². The second-order valence-corrected chi connectivity index (χ2v) is 13.3. The van der Waals surface area contributed by atoms with E-state index >= 15 is 0 Å². The monoisotopic (exact) mass is 632 g/mol. The van der Waals surface area contributed by atoms with Crippen molar-refractivity contribution in [2.24, 2.45) is 11.5 Å². The lowest BCUT2D eigenvalue weighted by atomic mass is 9.98. The number of hydrogen-bond acceptors (Lipinski definition) is 10. The zero-order chi connectivity index (χ0) is 32.7. The van der Waals surface area contributed by atoms with Gasteiger partial charge in [0.1, 0.15) is 30.2 Å². The molecule has 262 valence electrons. The van der Waals surface area contributed by atoms with Gasteiger partial charge in [-0.1, -0.05) is 96.3 Å². The standard InChI is InChI=1S/C34H68N2O8/c1-25(35)28(39)22-18-14-11-13-17-21-27(38)20-16-12-9-7-5-3-4-6-8-10-15-19-23-29(26(2)36)43-34-33(42)32(41)31(40)30(24-37)44-34/h25-26,28-34,37,39-42H,3-24,35-36H2,1-2H3/t25-,26-,28+,29-,30+,31-,32-,33+,34+/m0/s1. The average molecular weight is 633 g/mol. The first-order chi connectivity index (χ1) is 21.1. The Morgan fingerprint density at radius 3 is 1.52 bits per heavy atom. The molecule has 10 nitrogen and oxygen atoms in total. The molecule has 0 unspecified atom stereocenters. The maximum atomic E-state index is 12.1. The van der Waals surface area contributed by atoms with Crippen LogP contribution in [0.4, 0.5) is 0 Å². The summed E-state index contributed by atoms with van der Waals surface area (Å²) in [4.78, 5) is 12.1. The molecule has 0 bridgehead atoms. The predicted octanol–water partition coefficient (Wildman–Crippen LogP) is 3.99. The largest absolute Gasteiger partial charge is 0.394 e. The summed E-state index contributed by atoms with van der Waals surface area (Å²) in [5.74, 6) is 0.409. The normalized spacial score (nSPS) is 25.1. The first-order valence-electron chi connectivity index (χ1n) is 17.7. The van der Waals surface area contributed by atoms with Crippen LogP contribution in [0, 0.1) is 0 Å². The average Bonchev–Trinajstić information content (AvgIpc) is 2.99. The third kappa shape index (κ3) is 18.5. The molecule has 1 heterocycles. The maximum absolute atomic E-state index is 12.1. The number of rotatable bonds is 28. The highest BCUT2D eigenvalue weighted by Crippen LogP contribution is 2.25. The third-order valence-corrected chi connectivity index (χ3v) is 9.00. The molecule has 9 atom stereocenters. The molecule has 9 N–H and O–H groups in total. The van der Waals surface area contributed by atoms with Crippen LogP contribution in [0.3, 0.4) is 0 Å². The zero-order valence-corrected chi connectivity index (χ0v) is 27.9. The second kappa shape index (κ2) is 25.4. The summed E-state index contributed by atoms with van der Waals surface area (Å²) < 4.78 is 11.3. The fourth-order valence-electron chi connectivity index (χ4n) is 5.84. The maximum Gasteiger partial charge on any atom is 0.187 e. The van der Waals surface area contributed by atoms with Crippen molar-refractivity contribution in [3.63, 3.8) is 0 Å². The Labute approximate surface area is 267 Å². The van der Waals surface area contributed by atoms with Gasteiger partial charge < -0.3 is 46.5 Å². The van der Waals surface area contributed by atoms with Gasteiger partial charge in [-0.2, -0.15) is 0 Å². The first kappa shape index (κ1) is 41.3. The molecule has 0 aliphatic carbocycles. The molecule has 10 heteroatoms. The van der Waals surface area contributed by atoms with Crippen LogP contribution in [-0.2, 0) is 14.3 Å². The van der Waals surface area contributed by atoms with E-state index in [2.05, 4.69) is 0 Å². The quantitative estimate of drug-likeness (QED) is 0.0621. The Morgan fingerprint density at radius 1 is 0.659 bits per heavy atom. The number of hydrogen-bond donors (Lipinski definition) is 7. The number of aliphatic hydroxyl groups is 5. The Kier molecular flexibility index (Phi) is 23.9. The summed E-state index contributed by atoms with van der Waals surface area (Å²) >= 11 is 0. The number of carbonyl (C=O) groups excluding carboxylic acids is 1. The van der Waals surface area contributed by atoms with E-state index in [0.29, 0.717) is 18.6 Å². The van der Waals surface area contributed by atoms with Crippen LogP contribution in [-0.4, -0.2) is 92.9 Å². The molecule has 0 amide bonds. The van der Waals surface area contributed by atoms with E-state index in [9.17, 15) is 30.3 Å². The van der Waals surface area contributed by atoms with Gasteiger partial charge in [0.2, 0.25) is 0 Å². The van der Waals surface area contributed by atoms with E-state index in [1.807, 2.05) is 13.8 Å². The molecule has 1 fully saturated rings. The number of unbranched alkanes of at least 4 members (excludes halogenated alkanes) is 15. The lowest BCUT2D eigenvalue weighted by molar-refractivity contribution is -0.312. The van der Waals surface area contributed by atoms with Crippen molar-refractivity contribution < 1.29 is 39.8 Å². The third-order valence-electron chi connectivity index (χ3n) is 9.00. The van der Waals surface area contributed by atoms with Crippen LogP contribution in [0.25, 0.3) is 0 Å². The molecule has 1 aliphatic heterocycles. The van der Waals surface area contributed by atoms with Crippen LogP contribution in [0.1, 0.15) is 149 Å². The van der Waals surface area contributed by atoms with Gasteiger partial charge in [-0.05, 0) is 39.5 Å². The Morgan fingerprint density at radius 2 is 1.09 bits per heavy atom. The van der Waals surface area contributed by atoms with E-state index in [1.54, 1.807) is 0 Å². The zero-order valence-electron chi connectivity index (χ0n) is 27.9. The molecule has 1 saturated heterocycles. The van der Waals surface area contributed by atoms with Gasteiger partial charge >= 0.3 is 0 Å². The van der Waals surface area contributed by atoms with Gasteiger partial charge in [-0.25, -0.2) is 0 Å². The molecule has 0 aromatic carbocycles. The van der Waals surface area contributed by atoms with Crippen molar-refractivity contribution in [3.8, 4) is 0 Å². The minimum absolute atomic E-state index is 0.157. The number of Topliss-reactive ketones (excluding diaryl/α,β-unsaturated/α-hetero) is 1. The lowest BCUT2D eigenvalue weighted by Crippen LogP contribution is -2.60. The number of ketones is 1. The Hall–Kier alpha value is -0.690. The van der Waals surface area contributed by atoms with E-state index < -0.39 is 43.4 Å². The highest BCUT2D eigenvalue weighted by atomic mass is 16.7. The van der Waals surface area contributed by atoms with Crippen molar-refractivity contribution in [1.82, 2.24) is 0 Å². The van der Waals surface area contributed by atoms with Crippen molar-refractivity contribution in [3.05, 3.63) is 0 Å². The van der Waals surface area contributed by atoms with Crippen molar-refractivity contribution in [2.75, 3.05) is 6.61 Å². The smallest absolute Gasteiger partial charge is 0.187 e. The van der Waals surface area contributed by atoms with Gasteiger partial charge in [0, 0.05) is 24.9 Å². The van der Waals surface area contributed by atoms with E-state index in [4.69, 9.17) is 20.9 Å². The summed E-state index contributed by atoms with van der Waals surface area (Å²) in [7, 11) is 0. The van der Waals surface area contributed by atoms with E-state index in [0.717, 1.165) is 77.0 Å². The summed E-state index contributed by atoms with van der Waals surface area (Å²) in [6.07, 6.45) is 15.1. The van der Waals surface area contributed by atoms with Crippen LogP contribution >= 0.6 is 0 Å².